The number of rotatable bonds is 3. The zero-order valence-corrected chi connectivity index (χ0v) is 8.41. The van der Waals surface area contributed by atoms with E-state index in [0.29, 0.717) is 12.5 Å². The fourth-order valence-corrected chi connectivity index (χ4v) is 1.68. The lowest BCUT2D eigenvalue weighted by Crippen LogP contribution is -2.28. The molecule has 0 unspecified atom stereocenters. The molecular formula is C10H18O3. The van der Waals surface area contributed by atoms with Gasteiger partial charge in [-0.1, -0.05) is 6.92 Å². The van der Waals surface area contributed by atoms with Gasteiger partial charge in [-0.2, -0.15) is 0 Å². The molecule has 1 fully saturated rings. The molecule has 1 aliphatic rings. The molecule has 3 nitrogen and oxygen atoms in total. The monoisotopic (exact) mass is 186 g/mol. The molecule has 0 radical (unpaired) electrons. The highest BCUT2D eigenvalue weighted by atomic mass is 16.5. The van der Waals surface area contributed by atoms with Crippen LogP contribution in [0.15, 0.2) is 0 Å². The number of esters is 1. The van der Waals surface area contributed by atoms with Gasteiger partial charge in [-0.25, -0.2) is 0 Å². The van der Waals surface area contributed by atoms with E-state index in [0.717, 1.165) is 26.1 Å². The first-order valence-electron chi connectivity index (χ1n) is 5.00. The summed E-state index contributed by atoms with van der Waals surface area (Å²) in [5.74, 6) is 0.422. The highest BCUT2D eigenvalue weighted by molar-refractivity contribution is 5.72. The van der Waals surface area contributed by atoms with E-state index in [9.17, 15) is 4.79 Å². The van der Waals surface area contributed by atoms with Gasteiger partial charge < -0.3 is 9.47 Å². The zero-order valence-electron chi connectivity index (χ0n) is 8.41. The van der Waals surface area contributed by atoms with Crippen LogP contribution in [0.4, 0.5) is 0 Å². The first-order valence-corrected chi connectivity index (χ1v) is 5.00. The Kier molecular flexibility index (Phi) is 4.22. The Morgan fingerprint density at radius 2 is 2.15 bits per heavy atom. The van der Waals surface area contributed by atoms with Gasteiger partial charge in [0.25, 0.3) is 0 Å². The Hall–Kier alpha value is -0.570. The van der Waals surface area contributed by atoms with E-state index in [1.54, 1.807) is 0 Å². The average molecular weight is 186 g/mol. The summed E-state index contributed by atoms with van der Waals surface area (Å²) in [4.78, 5) is 11.4. The van der Waals surface area contributed by atoms with Crippen molar-refractivity contribution in [1.29, 1.82) is 0 Å². The van der Waals surface area contributed by atoms with Gasteiger partial charge in [0.05, 0.1) is 12.5 Å². The lowest BCUT2D eigenvalue weighted by molar-refractivity contribution is -0.150. The molecule has 1 rings (SSSR count). The van der Waals surface area contributed by atoms with Crippen molar-refractivity contribution in [2.45, 2.75) is 26.7 Å². The molecule has 0 N–H and O–H groups in total. The molecule has 76 valence electrons. The molecule has 0 aromatic rings. The number of carbonyl (C=O) groups excluding carboxylic acids is 1. The van der Waals surface area contributed by atoms with Crippen molar-refractivity contribution < 1.29 is 14.3 Å². The molecule has 0 amide bonds. The molecule has 0 spiro atoms. The third kappa shape index (κ3) is 2.99. The van der Waals surface area contributed by atoms with Crippen LogP contribution in [0.1, 0.15) is 26.7 Å². The minimum absolute atomic E-state index is 0.0313. The average Bonchev–Trinajstić information content (AvgIpc) is 2.18. The van der Waals surface area contributed by atoms with E-state index in [4.69, 9.17) is 9.47 Å². The maximum absolute atomic E-state index is 11.4. The van der Waals surface area contributed by atoms with E-state index >= 15 is 0 Å². The van der Waals surface area contributed by atoms with Crippen LogP contribution in [0.25, 0.3) is 0 Å². The molecule has 1 aliphatic heterocycles. The number of hydrogen-bond donors (Lipinski definition) is 0. The Balaban J connectivity index is 2.35. The predicted octanol–water partition coefficient (Wildman–Crippen LogP) is 1.61. The summed E-state index contributed by atoms with van der Waals surface area (Å²) in [6.07, 6.45) is 1.97. The fraction of sp³-hybridized carbons (Fsp3) is 0.900. The van der Waals surface area contributed by atoms with Gasteiger partial charge in [0.1, 0.15) is 0 Å². The van der Waals surface area contributed by atoms with Gasteiger partial charge in [0, 0.05) is 13.2 Å². The summed E-state index contributed by atoms with van der Waals surface area (Å²) in [6.45, 7) is 5.85. The lowest BCUT2D eigenvalue weighted by atomic mass is 9.87. The summed E-state index contributed by atoms with van der Waals surface area (Å²) in [7, 11) is 0. The second kappa shape index (κ2) is 5.22. The normalized spacial score (nSPS) is 21.1. The standard InChI is InChI=1S/C10H18O3/c1-3-13-10(11)8(2)9-4-6-12-7-5-9/h8-9H,3-7H2,1-2H3/t8-/m1/s1. The minimum atomic E-state index is -0.0607. The Morgan fingerprint density at radius 3 is 2.69 bits per heavy atom. The van der Waals surface area contributed by atoms with Gasteiger partial charge >= 0.3 is 5.97 Å². The predicted molar refractivity (Wildman–Crippen MR) is 49.3 cm³/mol. The van der Waals surface area contributed by atoms with Crippen LogP contribution in [0.3, 0.4) is 0 Å². The Bertz CT molecular complexity index is 162. The summed E-state index contributed by atoms with van der Waals surface area (Å²) in [6, 6.07) is 0. The topological polar surface area (TPSA) is 35.5 Å². The summed E-state index contributed by atoms with van der Waals surface area (Å²) < 4.78 is 10.2. The van der Waals surface area contributed by atoms with Crippen LogP contribution in [0, 0.1) is 11.8 Å². The van der Waals surface area contributed by atoms with Crippen molar-refractivity contribution in [2.24, 2.45) is 11.8 Å². The molecule has 0 aromatic heterocycles. The van der Waals surface area contributed by atoms with Crippen LogP contribution in [-0.2, 0) is 14.3 Å². The van der Waals surface area contributed by atoms with Crippen LogP contribution >= 0.6 is 0 Å². The number of ether oxygens (including phenoxy) is 2. The third-order valence-electron chi connectivity index (χ3n) is 2.63. The summed E-state index contributed by atoms with van der Waals surface area (Å²) >= 11 is 0. The molecule has 1 saturated heterocycles. The molecule has 13 heavy (non-hydrogen) atoms. The van der Waals surface area contributed by atoms with E-state index in [2.05, 4.69) is 0 Å². The van der Waals surface area contributed by atoms with E-state index in [-0.39, 0.29) is 11.9 Å². The second-order valence-corrected chi connectivity index (χ2v) is 3.49. The maximum atomic E-state index is 11.4. The SMILES string of the molecule is CCOC(=O)[C@H](C)C1CCOCC1. The van der Waals surface area contributed by atoms with Crippen LogP contribution < -0.4 is 0 Å². The minimum Gasteiger partial charge on any atom is -0.466 e. The van der Waals surface area contributed by atoms with E-state index in [1.165, 1.54) is 0 Å². The largest absolute Gasteiger partial charge is 0.466 e. The first kappa shape index (κ1) is 10.5. The van der Waals surface area contributed by atoms with Crippen molar-refractivity contribution in [3.05, 3.63) is 0 Å². The summed E-state index contributed by atoms with van der Waals surface area (Å²) in [5, 5.41) is 0. The summed E-state index contributed by atoms with van der Waals surface area (Å²) in [5.41, 5.74) is 0. The molecule has 0 aliphatic carbocycles. The van der Waals surface area contributed by atoms with Gasteiger partial charge in [-0.05, 0) is 25.7 Å². The molecule has 0 aromatic carbocycles. The van der Waals surface area contributed by atoms with Crippen molar-refractivity contribution >= 4 is 5.97 Å². The Labute approximate surface area is 79.4 Å². The molecule has 0 bridgehead atoms. The molecule has 0 saturated carbocycles. The van der Waals surface area contributed by atoms with E-state index in [1.807, 2.05) is 13.8 Å². The molecular weight excluding hydrogens is 168 g/mol. The highest BCUT2D eigenvalue weighted by Gasteiger charge is 2.26. The van der Waals surface area contributed by atoms with E-state index < -0.39 is 0 Å². The molecule has 1 atom stereocenters. The van der Waals surface area contributed by atoms with Gasteiger partial charge in [0.2, 0.25) is 0 Å². The first-order chi connectivity index (χ1) is 6.25. The van der Waals surface area contributed by atoms with Crippen molar-refractivity contribution in [1.82, 2.24) is 0 Å². The van der Waals surface area contributed by atoms with Crippen molar-refractivity contribution in [2.75, 3.05) is 19.8 Å². The molecule has 1 heterocycles. The maximum Gasteiger partial charge on any atom is 0.308 e. The van der Waals surface area contributed by atoms with Crippen LogP contribution in [0.2, 0.25) is 0 Å². The van der Waals surface area contributed by atoms with Crippen molar-refractivity contribution in [3.8, 4) is 0 Å². The zero-order chi connectivity index (χ0) is 9.68. The van der Waals surface area contributed by atoms with Crippen LogP contribution in [0.5, 0.6) is 0 Å². The van der Waals surface area contributed by atoms with Crippen LogP contribution in [-0.4, -0.2) is 25.8 Å². The molecule has 3 heteroatoms. The van der Waals surface area contributed by atoms with Gasteiger partial charge in [-0.3, -0.25) is 4.79 Å². The number of hydrogen-bond acceptors (Lipinski definition) is 3. The van der Waals surface area contributed by atoms with Gasteiger partial charge in [-0.15, -0.1) is 0 Å². The van der Waals surface area contributed by atoms with Crippen molar-refractivity contribution in [3.63, 3.8) is 0 Å². The lowest BCUT2D eigenvalue weighted by Gasteiger charge is -2.26. The second-order valence-electron chi connectivity index (χ2n) is 3.49. The van der Waals surface area contributed by atoms with Gasteiger partial charge in [0.15, 0.2) is 0 Å². The highest BCUT2D eigenvalue weighted by Crippen LogP contribution is 2.24. The Morgan fingerprint density at radius 1 is 1.54 bits per heavy atom. The fourth-order valence-electron chi connectivity index (χ4n) is 1.68. The third-order valence-corrected chi connectivity index (χ3v) is 2.63. The quantitative estimate of drug-likeness (QED) is 0.628. The smallest absolute Gasteiger partial charge is 0.308 e. The number of carbonyl (C=O) groups is 1.